The third-order valence-electron chi connectivity index (χ3n) is 2.65. The van der Waals surface area contributed by atoms with E-state index in [0.29, 0.717) is 6.54 Å². The molecule has 1 atom stereocenters. The van der Waals surface area contributed by atoms with Crippen molar-refractivity contribution < 1.29 is 4.42 Å². The van der Waals surface area contributed by atoms with Crippen LogP contribution in [0, 0.1) is 0 Å². The smallest absolute Gasteiger partial charge is 0.122 e. The molecule has 0 saturated carbocycles. The summed E-state index contributed by atoms with van der Waals surface area (Å²) in [7, 11) is 2.06. The number of nitrogens with two attached hydrogens (primary N) is 1. The molecule has 0 radical (unpaired) electrons. The predicted molar refractivity (Wildman–Crippen MR) is 74.0 cm³/mol. The molecule has 0 saturated heterocycles. The third-order valence-corrected chi connectivity index (χ3v) is 4.34. The molecule has 0 amide bonds. The highest BCUT2D eigenvalue weighted by molar-refractivity contribution is 9.10. The Kier molecular flexibility index (Phi) is 4.39. The number of hydrogen-bond acceptors (Lipinski definition) is 4. The maximum Gasteiger partial charge on any atom is 0.122 e. The van der Waals surface area contributed by atoms with E-state index >= 15 is 0 Å². The van der Waals surface area contributed by atoms with Crippen LogP contribution in [0.4, 0.5) is 0 Å². The molecule has 0 spiro atoms. The molecular formula is C12H15BrN2OS. The number of furan rings is 1. The second kappa shape index (κ2) is 5.82. The lowest BCUT2D eigenvalue weighted by Crippen LogP contribution is -2.29. The van der Waals surface area contributed by atoms with Crippen molar-refractivity contribution in [1.29, 1.82) is 0 Å². The quantitative estimate of drug-likeness (QED) is 0.921. The van der Waals surface area contributed by atoms with Crippen LogP contribution >= 0.6 is 27.3 Å². The fourth-order valence-electron chi connectivity index (χ4n) is 1.79. The molecule has 2 aromatic rings. The number of likely N-dealkylation sites (N-methyl/N-ethyl adjacent to an activating group) is 1. The van der Waals surface area contributed by atoms with Crippen molar-refractivity contribution in [2.75, 3.05) is 13.6 Å². The Balaban J connectivity index is 2.05. The summed E-state index contributed by atoms with van der Waals surface area (Å²) in [5.74, 6) is 0.922. The van der Waals surface area contributed by atoms with Gasteiger partial charge >= 0.3 is 0 Å². The lowest BCUT2D eigenvalue weighted by Gasteiger charge is -2.24. The maximum atomic E-state index is 5.82. The number of nitrogens with zero attached hydrogens (tertiary/aromatic N) is 1. The molecule has 17 heavy (non-hydrogen) atoms. The summed E-state index contributed by atoms with van der Waals surface area (Å²) in [6.07, 6.45) is 1.69. The zero-order valence-corrected chi connectivity index (χ0v) is 12.0. The molecule has 0 aliphatic rings. The van der Waals surface area contributed by atoms with Gasteiger partial charge in [0, 0.05) is 27.8 Å². The van der Waals surface area contributed by atoms with Gasteiger partial charge in [0.15, 0.2) is 0 Å². The zero-order valence-electron chi connectivity index (χ0n) is 9.60. The average molecular weight is 315 g/mol. The van der Waals surface area contributed by atoms with Crippen molar-refractivity contribution in [2.45, 2.75) is 12.6 Å². The van der Waals surface area contributed by atoms with E-state index in [2.05, 4.69) is 39.3 Å². The molecule has 0 aliphatic carbocycles. The van der Waals surface area contributed by atoms with Gasteiger partial charge in [0.2, 0.25) is 0 Å². The van der Waals surface area contributed by atoms with Crippen LogP contribution in [0.1, 0.15) is 16.7 Å². The van der Waals surface area contributed by atoms with E-state index < -0.39 is 0 Å². The van der Waals surface area contributed by atoms with Crippen LogP contribution in [0.25, 0.3) is 0 Å². The Morgan fingerprint density at radius 3 is 2.94 bits per heavy atom. The molecule has 2 N–H and O–H groups in total. The number of rotatable bonds is 5. The van der Waals surface area contributed by atoms with Crippen molar-refractivity contribution in [3.63, 3.8) is 0 Å². The largest absolute Gasteiger partial charge is 0.468 e. The summed E-state index contributed by atoms with van der Waals surface area (Å²) in [5, 5.41) is 2.09. The van der Waals surface area contributed by atoms with Gasteiger partial charge < -0.3 is 10.2 Å². The van der Waals surface area contributed by atoms with E-state index in [1.807, 2.05) is 12.1 Å². The lowest BCUT2D eigenvalue weighted by atomic mass is 10.2. The lowest BCUT2D eigenvalue weighted by molar-refractivity contribution is 0.214. The number of hydrogen-bond donors (Lipinski definition) is 1. The summed E-state index contributed by atoms with van der Waals surface area (Å²) in [6, 6.07) is 6.13. The van der Waals surface area contributed by atoms with E-state index in [1.165, 1.54) is 4.88 Å². The zero-order chi connectivity index (χ0) is 12.3. The molecule has 2 aromatic heterocycles. The highest BCUT2D eigenvalue weighted by atomic mass is 79.9. The van der Waals surface area contributed by atoms with Crippen molar-refractivity contribution in [2.24, 2.45) is 5.73 Å². The van der Waals surface area contributed by atoms with Crippen molar-refractivity contribution in [3.05, 3.63) is 45.0 Å². The minimum atomic E-state index is 0.130. The first kappa shape index (κ1) is 12.8. The van der Waals surface area contributed by atoms with Gasteiger partial charge in [-0.3, -0.25) is 4.90 Å². The fraction of sp³-hybridized carbons (Fsp3) is 0.333. The second-order valence-electron chi connectivity index (χ2n) is 3.91. The van der Waals surface area contributed by atoms with Crippen LogP contribution in [-0.4, -0.2) is 18.5 Å². The van der Waals surface area contributed by atoms with Crippen LogP contribution in [0.5, 0.6) is 0 Å². The van der Waals surface area contributed by atoms with E-state index in [0.717, 1.165) is 16.8 Å². The molecule has 0 fully saturated rings. The molecule has 0 aromatic carbocycles. The van der Waals surface area contributed by atoms with Crippen LogP contribution in [-0.2, 0) is 6.54 Å². The summed E-state index contributed by atoms with van der Waals surface area (Å²) in [5.41, 5.74) is 5.82. The summed E-state index contributed by atoms with van der Waals surface area (Å²) >= 11 is 5.21. The first-order valence-electron chi connectivity index (χ1n) is 5.37. The molecule has 0 bridgehead atoms. The predicted octanol–water partition coefficient (Wildman–Crippen LogP) is 3.24. The van der Waals surface area contributed by atoms with E-state index in [4.69, 9.17) is 10.2 Å². The molecule has 3 nitrogen and oxygen atoms in total. The Labute approximate surface area is 113 Å². The molecule has 2 heterocycles. The van der Waals surface area contributed by atoms with E-state index in [1.54, 1.807) is 17.6 Å². The summed E-state index contributed by atoms with van der Waals surface area (Å²) in [6.45, 7) is 1.43. The Bertz CT molecular complexity index is 455. The normalized spacial score (nSPS) is 13.2. The van der Waals surface area contributed by atoms with Gasteiger partial charge in [0.05, 0.1) is 12.3 Å². The molecule has 2 rings (SSSR count). The van der Waals surface area contributed by atoms with Crippen LogP contribution in [0.2, 0.25) is 0 Å². The molecule has 5 heteroatoms. The number of thiophene rings is 1. The molecule has 1 unspecified atom stereocenters. The standard InChI is InChI=1S/C12H15BrN2OS/c1-15(7-10-5-9(13)8-17-10)11(6-14)12-3-2-4-16-12/h2-5,8,11H,6-7,14H2,1H3. The second-order valence-corrected chi connectivity index (χ2v) is 5.82. The fourth-order valence-corrected chi connectivity index (χ4v) is 3.30. The third kappa shape index (κ3) is 3.19. The van der Waals surface area contributed by atoms with Crippen molar-refractivity contribution in [3.8, 4) is 0 Å². The minimum Gasteiger partial charge on any atom is -0.468 e. The number of halogens is 1. The van der Waals surface area contributed by atoms with Gasteiger partial charge in [0.1, 0.15) is 5.76 Å². The topological polar surface area (TPSA) is 42.4 Å². The summed E-state index contributed by atoms with van der Waals surface area (Å²) < 4.78 is 6.56. The average Bonchev–Trinajstić information content (AvgIpc) is 2.92. The first-order valence-corrected chi connectivity index (χ1v) is 7.04. The van der Waals surface area contributed by atoms with E-state index in [9.17, 15) is 0 Å². The minimum absolute atomic E-state index is 0.130. The molecule has 0 aliphatic heterocycles. The van der Waals surface area contributed by atoms with Gasteiger partial charge in [-0.25, -0.2) is 0 Å². The highest BCUT2D eigenvalue weighted by Gasteiger charge is 2.18. The van der Waals surface area contributed by atoms with Crippen molar-refractivity contribution >= 4 is 27.3 Å². The van der Waals surface area contributed by atoms with Gasteiger partial charge in [-0.2, -0.15) is 0 Å². The van der Waals surface area contributed by atoms with Gasteiger partial charge in [-0.15, -0.1) is 11.3 Å². The Morgan fingerprint density at radius 2 is 2.41 bits per heavy atom. The van der Waals surface area contributed by atoms with Crippen LogP contribution in [0.15, 0.2) is 38.7 Å². The summed E-state index contributed by atoms with van der Waals surface area (Å²) in [4.78, 5) is 3.52. The van der Waals surface area contributed by atoms with Crippen LogP contribution in [0.3, 0.4) is 0 Å². The SMILES string of the molecule is CN(Cc1cc(Br)cs1)C(CN)c1ccco1. The van der Waals surface area contributed by atoms with Gasteiger partial charge in [-0.05, 0) is 41.2 Å². The van der Waals surface area contributed by atoms with Crippen molar-refractivity contribution in [1.82, 2.24) is 4.90 Å². The Hall–Kier alpha value is -0.620. The van der Waals surface area contributed by atoms with Gasteiger partial charge in [0.25, 0.3) is 0 Å². The molecule has 92 valence electrons. The van der Waals surface area contributed by atoms with E-state index in [-0.39, 0.29) is 6.04 Å². The maximum absolute atomic E-state index is 5.82. The van der Waals surface area contributed by atoms with Crippen LogP contribution < -0.4 is 5.73 Å². The monoisotopic (exact) mass is 314 g/mol. The Morgan fingerprint density at radius 1 is 1.59 bits per heavy atom. The molecular weight excluding hydrogens is 300 g/mol. The van der Waals surface area contributed by atoms with Gasteiger partial charge in [-0.1, -0.05) is 0 Å². The highest BCUT2D eigenvalue weighted by Crippen LogP contribution is 2.25. The first-order chi connectivity index (χ1) is 8.20.